The molecule has 1 aromatic heterocycles. The van der Waals surface area contributed by atoms with Crippen molar-refractivity contribution < 1.29 is 4.79 Å². The second kappa shape index (κ2) is 4.95. The molecule has 2 aliphatic rings. The lowest BCUT2D eigenvalue weighted by molar-refractivity contribution is -0.138. The van der Waals surface area contributed by atoms with E-state index < -0.39 is 0 Å². The standard InChI is InChI=1S/C16H22N2O/c1-11(2)18(10-12-4-3-5-17-9-12)16(19)15-7-13-6-14(13)8-15/h3-5,9,11,13-15H,6-8,10H2,1-2H3. The Labute approximate surface area is 115 Å². The first-order valence-electron chi connectivity index (χ1n) is 7.34. The van der Waals surface area contributed by atoms with Crippen molar-refractivity contribution in [1.29, 1.82) is 0 Å². The number of hydrogen-bond acceptors (Lipinski definition) is 2. The highest BCUT2D eigenvalue weighted by atomic mass is 16.2. The summed E-state index contributed by atoms with van der Waals surface area (Å²) in [5.41, 5.74) is 1.12. The van der Waals surface area contributed by atoms with E-state index in [1.54, 1.807) is 6.20 Å². The van der Waals surface area contributed by atoms with Crippen molar-refractivity contribution in [3.8, 4) is 0 Å². The number of pyridine rings is 1. The lowest BCUT2D eigenvalue weighted by Gasteiger charge is -2.30. The van der Waals surface area contributed by atoms with Gasteiger partial charge in [-0.1, -0.05) is 6.07 Å². The van der Waals surface area contributed by atoms with Gasteiger partial charge in [-0.2, -0.15) is 0 Å². The van der Waals surface area contributed by atoms with Gasteiger partial charge in [0.15, 0.2) is 0 Å². The summed E-state index contributed by atoms with van der Waals surface area (Å²) >= 11 is 0. The molecule has 3 nitrogen and oxygen atoms in total. The molecule has 0 spiro atoms. The molecule has 0 aromatic carbocycles. The van der Waals surface area contributed by atoms with Crippen molar-refractivity contribution >= 4 is 5.91 Å². The monoisotopic (exact) mass is 258 g/mol. The number of hydrogen-bond donors (Lipinski definition) is 0. The fraction of sp³-hybridized carbons (Fsp3) is 0.625. The van der Waals surface area contributed by atoms with Gasteiger partial charge >= 0.3 is 0 Å². The number of rotatable bonds is 4. The average molecular weight is 258 g/mol. The van der Waals surface area contributed by atoms with Gasteiger partial charge in [-0.25, -0.2) is 0 Å². The van der Waals surface area contributed by atoms with Gasteiger partial charge in [-0.05, 0) is 56.6 Å². The van der Waals surface area contributed by atoms with E-state index in [9.17, 15) is 4.79 Å². The maximum atomic E-state index is 12.7. The summed E-state index contributed by atoms with van der Waals surface area (Å²) in [4.78, 5) is 18.8. The number of nitrogens with zero attached hydrogens (tertiary/aromatic N) is 2. The molecule has 0 radical (unpaired) electrons. The molecular formula is C16H22N2O. The predicted octanol–water partition coefficient (Wildman–Crippen LogP) is 2.86. The fourth-order valence-electron chi connectivity index (χ4n) is 3.35. The fourth-order valence-corrected chi connectivity index (χ4v) is 3.35. The summed E-state index contributed by atoms with van der Waals surface area (Å²) in [5, 5.41) is 0. The van der Waals surface area contributed by atoms with Gasteiger partial charge in [-0.3, -0.25) is 9.78 Å². The lowest BCUT2D eigenvalue weighted by Crippen LogP contribution is -2.40. The van der Waals surface area contributed by atoms with Crippen LogP contribution in [0.25, 0.3) is 0 Å². The van der Waals surface area contributed by atoms with E-state index in [-0.39, 0.29) is 12.0 Å². The van der Waals surface area contributed by atoms with Crippen LogP contribution in [0.1, 0.15) is 38.7 Å². The van der Waals surface area contributed by atoms with Crippen LogP contribution < -0.4 is 0 Å². The summed E-state index contributed by atoms with van der Waals surface area (Å²) in [5.74, 6) is 2.36. The predicted molar refractivity (Wildman–Crippen MR) is 74.2 cm³/mol. The van der Waals surface area contributed by atoms with Crippen molar-refractivity contribution in [3.63, 3.8) is 0 Å². The second-order valence-corrected chi connectivity index (χ2v) is 6.35. The summed E-state index contributed by atoms with van der Waals surface area (Å²) in [6.07, 6.45) is 7.25. The van der Waals surface area contributed by atoms with Crippen LogP contribution in [-0.2, 0) is 11.3 Å². The minimum Gasteiger partial charge on any atom is -0.336 e. The van der Waals surface area contributed by atoms with E-state index in [0.717, 1.165) is 30.2 Å². The van der Waals surface area contributed by atoms with Crippen molar-refractivity contribution in [2.24, 2.45) is 17.8 Å². The van der Waals surface area contributed by atoms with Gasteiger partial charge in [0, 0.05) is 30.9 Å². The zero-order valence-electron chi connectivity index (χ0n) is 11.7. The highest BCUT2D eigenvalue weighted by Gasteiger charge is 2.48. The summed E-state index contributed by atoms with van der Waals surface area (Å²) in [6, 6.07) is 4.23. The van der Waals surface area contributed by atoms with E-state index in [2.05, 4.69) is 18.8 Å². The highest BCUT2D eigenvalue weighted by Crippen LogP contribution is 2.54. The molecule has 1 heterocycles. The van der Waals surface area contributed by atoms with Gasteiger partial charge < -0.3 is 4.90 Å². The van der Waals surface area contributed by atoms with Crippen molar-refractivity contribution in [2.45, 2.75) is 45.7 Å². The normalized spacial score (nSPS) is 28.3. The minimum absolute atomic E-state index is 0.254. The zero-order chi connectivity index (χ0) is 13.4. The lowest BCUT2D eigenvalue weighted by atomic mass is 10.0. The first-order valence-corrected chi connectivity index (χ1v) is 7.34. The van der Waals surface area contributed by atoms with Crippen LogP contribution in [0.4, 0.5) is 0 Å². The Balaban J connectivity index is 1.68. The first kappa shape index (κ1) is 12.6. The Hall–Kier alpha value is -1.38. The highest BCUT2D eigenvalue weighted by molar-refractivity contribution is 5.79. The topological polar surface area (TPSA) is 33.2 Å². The molecule has 2 unspecified atom stereocenters. The van der Waals surface area contributed by atoms with E-state index in [1.807, 2.05) is 23.2 Å². The quantitative estimate of drug-likeness (QED) is 0.832. The molecule has 19 heavy (non-hydrogen) atoms. The van der Waals surface area contributed by atoms with E-state index >= 15 is 0 Å². The van der Waals surface area contributed by atoms with Crippen LogP contribution in [-0.4, -0.2) is 21.8 Å². The van der Waals surface area contributed by atoms with Crippen LogP contribution in [0, 0.1) is 17.8 Å². The number of fused-ring (bicyclic) bond motifs is 1. The Morgan fingerprint density at radius 1 is 1.37 bits per heavy atom. The zero-order valence-corrected chi connectivity index (χ0v) is 11.7. The third-order valence-electron chi connectivity index (χ3n) is 4.57. The molecule has 2 aliphatic carbocycles. The van der Waals surface area contributed by atoms with E-state index in [1.165, 1.54) is 6.42 Å². The molecule has 1 amide bonds. The smallest absolute Gasteiger partial charge is 0.226 e. The molecule has 0 aliphatic heterocycles. The molecule has 0 N–H and O–H groups in total. The molecule has 2 fully saturated rings. The molecule has 2 atom stereocenters. The Morgan fingerprint density at radius 2 is 2.11 bits per heavy atom. The summed E-state index contributed by atoms with van der Waals surface area (Å²) in [7, 11) is 0. The van der Waals surface area contributed by atoms with Crippen LogP contribution in [0.2, 0.25) is 0 Å². The van der Waals surface area contributed by atoms with Gasteiger partial charge in [0.25, 0.3) is 0 Å². The minimum atomic E-state index is 0.254. The average Bonchev–Trinajstić information content (AvgIpc) is 3.02. The van der Waals surface area contributed by atoms with Crippen LogP contribution in [0.15, 0.2) is 24.5 Å². The number of aromatic nitrogens is 1. The Kier molecular flexibility index (Phi) is 3.29. The number of carbonyl (C=O) groups is 1. The van der Waals surface area contributed by atoms with Crippen molar-refractivity contribution in [2.75, 3.05) is 0 Å². The molecule has 2 saturated carbocycles. The number of amides is 1. The molecule has 0 bridgehead atoms. The summed E-state index contributed by atoms with van der Waals surface area (Å²) < 4.78 is 0. The van der Waals surface area contributed by atoms with Gasteiger partial charge in [0.1, 0.15) is 0 Å². The molecule has 3 rings (SSSR count). The van der Waals surface area contributed by atoms with E-state index in [0.29, 0.717) is 12.5 Å². The van der Waals surface area contributed by atoms with Crippen molar-refractivity contribution in [3.05, 3.63) is 30.1 Å². The third-order valence-corrected chi connectivity index (χ3v) is 4.57. The SMILES string of the molecule is CC(C)N(Cc1cccnc1)C(=O)C1CC2CC2C1. The van der Waals surface area contributed by atoms with E-state index in [4.69, 9.17) is 0 Å². The maximum Gasteiger partial charge on any atom is 0.226 e. The molecule has 1 aromatic rings. The number of carbonyl (C=O) groups excluding carboxylic acids is 1. The maximum absolute atomic E-state index is 12.7. The first-order chi connectivity index (χ1) is 9.15. The van der Waals surface area contributed by atoms with Gasteiger partial charge in [0.2, 0.25) is 5.91 Å². The summed E-state index contributed by atoms with van der Waals surface area (Å²) in [6.45, 7) is 4.89. The Bertz CT molecular complexity index is 447. The second-order valence-electron chi connectivity index (χ2n) is 6.35. The van der Waals surface area contributed by atoms with Gasteiger partial charge in [-0.15, -0.1) is 0 Å². The molecule has 3 heteroatoms. The molecule has 102 valence electrons. The largest absolute Gasteiger partial charge is 0.336 e. The van der Waals surface area contributed by atoms with Crippen LogP contribution in [0.3, 0.4) is 0 Å². The van der Waals surface area contributed by atoms with Gasteiger partial charge in [0.05, 0.1) is 0 Å². The third kappa shape index (κ3) is 2.65. The van der Waals surface area contributed by atoms with Crippen LogP contribution in [0.5, 0.6) is 0 Å². The molecule has 0 saturated heterocycles. The van der Waals surface area contributed by atoms with Crippen molar-refractivity contribution in [1.82, 2.24) is 9.88 Å². The van der Waals surface area contributed by atoms with Crippen LogP contribution >= 0.6 is 0 Å². The Morgan fingerprint density at radius 3 is 2.68 bits per heavy atom. The molecular weight excluding hydrogens is 236 g/mol.